The van der Waals surface area contributed by atoms with Crippen molar-refractivity contribution >= 4 is 24.1 Å². The van der Waals surface area contributed by atoms with E-state index >= 15 is 0 Å². The van der Waals surface area contributed by atoms with Gasteiger partial charge in [-0.05, 0) is 38.3 Å². The summed E-state index contributed by atoms with van der Waals surface area (Å²) in [5, 5.41) is 2.84. The minimum absolute atomic E-state index is 0. The predicted octanol–water partition coefficient (Wildman–Crippen LogP) is 3.32. The number of hydrogen-bond acceptors (Lipinski definition) is 3. The van der Waals surface area contributed by atoms with Crippen LogP contribution in [0, 0.1) is 13.8 Å². The largest absolute Gasteiger partial charge is 0.354 e. The van der Waals surface area contributed by atoms with E-state index in [1.165, 1.54) is 0 Å². The van der Waals surface area contributed by atoms with E-state index in [1.807, 2.05) is 45.9 Å². The van der Waals surface area contributed by atoms with Gasteiger partial charge in [0.15, 0.2) is 5.78 Å². The number of carbonyl (C=O) groups is 2. The Morgan fingerprint density at radius 3 is 2.30 bits per heavy atom. The summed E-state index contributed by atoms with van der Waals surface area (Å²) >= 11 is 0. The highest BCUT2D eigenvalue weighted by molar-refractivity contribution is 5.99. The van der Waals surface area contributed by atoms with Crippen molar-refractivity contribution in [1.29, 1.82) is 0 Å². The van der Waals surface area contributed by atoms with Gasteiger partial charge in [0.05, 0.1) is 0 Å². The molecule has 130 valence electrons. The molecule has 0 unspecified atom stereocenters. The molecule has 0 aliphatic rings. The molecule has 0 aliphatic heterocycles. The minimum atomic E-state index is -0.354. The average molecular weight is 341 g/mol. The SMILES string of the molecule is CCC(N)(CC)CNC(=O)CCC(=O)c1cc(C)ccc1C.Cl. The first-order valence-electron chi connectivity index (χ1n) is 7.97. The molecule has 0 aliphatic carbocycles. The van der Waals surface area contributed by atoms with Gasteiger partial charge in [0.1, 0.15) is 0 Å². The number of Topliss-reactive ketones (excluding diaryl/α,β-unsaturated/α-hetero) is 1. The first-order chi connectivity index (χ1) is 10.3. The number of ketones is 1. The van der Waals surface area contributed by atoms with E-state index in [9.17, 15) is 9.59 Å². The summed E-state index contributed by atoms with van der Waals surface area (Å²) in [5.41, 5.74) is 8.51. The van der Waals surface area contributed by atoms with Gasteiger partial charge in [-0.1, -0.05) is 31.5 Å². The molecule has 23 heavy (non-hydrogen) atoms. The van der Waals surface area contributed by atoms with E-state index in [0.717, 1.165) is 24.0 Å². The van der Waals surface area contributed by atoms with Gasteiger partial charge in [-0.2, -0.15) is 0 Å². The molecule has 0 aromatic heterocycles. The van der Waals surface area contributed by atoms with Crippen LogP contribution in [0.3, 0.4) is 0 Å². The van der Waals surface area contributed by atoms with E-state index in [1.54, 1.807) is 0 Å². The van der Waals surface area contributed by atoms with Crippen molar-refractivity contribution < 1.29 is 9.59 Å². The number of aryl methyl sites for hydroxylation is 2. The van der Waals surface area contributed by atoms with Gasteiger partial charge in [-0.15, -0.1) is 12.4 Å². The van der Waals surface area contributed by atoms with E-state index in [0.29, 0.717) is 12.1 Å². The van der Waals surface area contributed by atoms with Crippen LogP contribution in [-0.2, 0) is 4.79 Å². The Labute approximate surface area is 145 Å². The van der Waals surface area contributed by atoms with Crippen molar-refractivity contribution in [3.8, 4) is 0 Å². The fourth-order valence-corrected chi connectivity index (χ4v) is 2.26. The van der Waals surface area contributed by atoms with Gasteiger partial charge in [0, 0.05) is 30.5 Å². The lowest BCUT2D eigenvalue weighted by Crippen LogP contribution is -2.49. The summed E-state index contributed by atoms with van der Waals surface area (Å²) in [7, 11) is 0. The first-order valence-corrected chi connectivity index (χ1v) is 7.97. The monoisotopic (exact) mass is 340 g/mol. The van der Waals surface area contributed by atoms with Crippen LogP contribution in [0.4, 0.5) is 0 Å². The van der Waals surface area contributed by atoms with Gasteiger partial charge in [-0.3, -0.25) is 9.59 Å². The van der Waals surface area contributed by atoms with E-state index < -0.39 is 0 Å². The summed E-state index contributed by atoms with van der Waals surface area (Å²) in [6.07, 6.45) is 2.05. The Morgan fingerprint density at radius 2 is 1.74 bits per heavy atom. The summed E-state index contributed by atoms with van der Waals surface area (Å²) in [6.45, 7) is 8.35. The second-order valence-electron chi connectivity index (χ2n) is 6.09. The van der Waals surface area contributed by atoms with Crippen LogP contribution in [0.1, 0.15) is 61.0 Å². The predicted molar refractivity (Wildman–Crippen MR) is 97.2 cm³/mol. The van der Waals surface area contributed by atoms with Crippen molar-refractivity contribution in [2.45, 2.75) is 58.9 Å². The van der Waals surface area contributed by atoms with Gasteiger partial charge < -0.3 is 11.1 Å². The fraction of sp³-hybridized carbons (Fsp3) is 0.556. The molecule has 0 spiro atoms. The summed E-state index contributed by atoms with van der Waals surface area (Å²) in [4.78, 5) is 24.1. The Bertz CT molecular complexity index is 540. The molecule has 0 heterocycles. The van der Waals surface area contributed by atoms with Crippen molar-refractivity contribution in [3.63, 3.8) is 0 Å². The topological polar surface area (TPSA) is 72.2 Å². The van der Waals surface area contributed by atoms with Crippen LogP contribution in [0.15, 0.2) is 18.2 Å². The van der Waals surface area contributed by atoms with Crippen LogP contribution in [0.5, 0.6) is 0 Å². The van der Waals surface area contributed by atoms with Gasteiger partial charge in [0.2, 0.25) is 5.91 Å². The standard InChI is InChI=1S/C18H28N2O2.ClH/c1-5-18(19,6-2)12-20-17(22)10-9-16(21)15-11-13(3)7-8-14(15)4;/h7-8,11H,5-6,9-10,12,19H2,1-4H3,(H,20,22);1H. The zero-order valence-corrected chi connectivity index (χ0v) is 15.4. The zero-order valence-electron chi connectivity index (χ0n) is 14.6. The zero-order chi connectivity index (χ0) is 16.8. The number of amides is 1. The molecule has 1 aromatic carbocycles. The molecule has 0 saturated carbocycles. The lowest BCUT2D eigenvalue weighted by Gasteiger charge is -2.26. The number of benzene rings is 1. The number of carbonyl (C=O) groups excluding carboxylic acids is 2. The molecule has 3 N–H and O–H groups in total. The van der Waals surface area contributed by atoms with Crippen LogP contribution < -0.4 is 11.1 Å². The molecule has 1 aromatic rings. The second-order valence-corrected chi connectivity index (χ2v) is 6.09. The molecule has 1 amide bonds. The fourth-order valence-electron chi connectivity index (χ4n) is 2.26. The van der Waals surface area contributed by atoms with E-state index in [4.69, 9.17) is 5.73 Å². The number of halogens is 1. The molecule has 0 saturated heterocycles. The molecular weight excluding hydrogens is 312 g/mol. The summed E-state index contributed by atoms with van der Waals surface area (Å²) < 4.78 is 0. The third-order valence-corrected chi connectivity index (χ3v) is 4.32. The number of nitrogens with one attached hydrogen (secondary N) is 1. The van der Waals surface area contributed by atoms with Gasteiger partial charge >= 0.3 is 0 Å². The van der Waals surface area contributed by atoms with Crippen molar-refractivity contribution in [3.05, 3.63) is 34.9 Å². The van der Waals surface area contributed by atoms with Gasteiger partial charge in [-0.25, -0.2) is 0 Å². The smallest absolute Gasteiger partial charge is 0.220 e. The molecule has 0 radical (unpaired) electrons. The van der Waals surface area contributed by atoms with Crippen molar-refractivity contribution in [1.82, 2.24) is 5.32 Å². The Kier molecular flexibility index (Phi) is 9.10. The summed E-state index contributed by atoms with van der Waals surface area (Å²) in [6, 6.07) is 5.80. The third-order valence-electron chi connectivity index (χ3n) is 4.32. The van der Waals surface area contributed by atoms with Gasteiger partial charge in [0.25, 0.3) is 0 Å². The quantitative estimate of drug-likeness (QED) is 0.713. The summed E-state index contributed by atoms with van der Waals surface area (Å²) in [5.74, 6) is -0.100. The number of rotatable bonds is 8. The highest BCUT2D eigenvalue weighted by atomic mass is 35.5. The third kappa shape index (κ3) is 6.71. The Hall–Kier alpha value is -1.39. The number of hydrogen-bond donors (Lipinski definition) is 2. The van der Waals surface area contributed by atoms with Crippen LogP contribution in [0.2, 0.25) is 0 Å². The minimum Gasteiger partial charge on any atom is -0.354 e. The van der Waals surface area contributed by atoms with Crippen molar-refractivity contribution in [2.75, 3.05) is 6.54 Å². The molecule has 0 fully saturated rings. The van der Waals surface area contributed by atoms with Crippen LogP contribution >= 0.6 is 12.4 Å². The van der Waals surface area contributed by atoms with Crippen LogP contribution in [-0.4, -0.2) is 23.8 Å². The lowest BCUT2D eigenvalue weighted by atomic mass is 9.94. The molecule has 0 bridgehead atoms. The van der Waals surface area contributed by atoms with E-state index in [-0.39, 0.29) is 42.5 Å². The molecular formula is C18H29ClN2O2. The maximum Gasteiger partial charge on any atom is 0.220 e. The van der Waals surface area contributed by atoms with Crippen LogP contribution in [0.25, 0.3) is 0 Å². The Balaban J connectivity index is 0.00000484. The molecule has 1 rings (SSSR count). The highest BCUT2D eigenvalue weighted by Gasteiger charge is 2.21. The van der Waals surface area contributed by atoms with E-state index in [2.05, 4.69) is 5.32 Å². The normalized spacial score (nSPS) is 10.8. The molecule has 5 heteroatoms. The van der Waals surface area contributed by atoms with Crippen molar-refractivity contribution in [2.24, 2.45) is 5.73 Å². The second kappa shape index (κ2) is 9.68. The molecule has 4 nitrogen and oxygen atoms in total. The maximum absolute atomic E-state index is 12.2. The average Bonchev–Trinajstić information content (AvgIpc) is 2.52. The Morgan fingerprint density at radius 1 is 1.13 bits per heavy atom. The first kappa shape index (κ1) is 21.6. The number of nitrogens with two attached hydrogens (primary N) is 1. The molecule has 0 atom stereocenters. The highest BCUT2D eigenvalue weighted by Crippen LogP contribution is 2.14. The lowest BCUT2D eigenvalue weighted by molar-refractivity contribution is -0.121. The maximum atomic E-state index is 12.2.